The van der Waals surface area contributed by atoms with E-state index in [1.54, 1.807) is 18.2 Å². The van der Waals surface area contributed by atoms with E-state index in [0.717, 1.165) is 17.7 Å². The van der Waals surface area contributed by atoms with Crippen LogP contribution < -0.4 is 10.6 Å². The maximum atomic E-state index is 13.2. The molecule has 2 amide bonds. The molecule has 0 heterocycles. The first-order chi connectivity index (χ1) is 12.8. The van der Waals surface area contributed by atoms with Crippen LogP contribution in [0.25, 0.3) is 0 Å². The first-order valence-corrected chi connectivity index (χ1v) is 8.89. The highest BCUT2D eigenvalue weighted by atomic mass is 19.2. The summed E-state index contributed by atoms with van der Waals surface area (Å²) in [4.78, 5) is 24.2. The van der Waals surface area contributed by atoms with Gasteiger partial charge in [-0.2, -0.15) is 0 Å². The second-order valence-corrected chi connectivity index (χ2v) is 6.93. The highest BCUT2D eigenvalue weighted by molar-refractivity contribution is 5.96. The first-order valence-electron chi connectivity index (χ1n) is 8.89. The molecule has 2 N–H and O–H groups in total. The van der Waals surface area contributed by atoms with Crippen molar-refractivity contribution in [2.75, 3.05) is 11.9 Å². The minimum absolute atomic E-state index is 0.140. The van der Waals surface area contributed by atoms with Crippen molar-refractivity contribution in [3.05, 3.63) is 64.7 Å². The number of rotatable bonds is 7. The van der Waals surface area contributed by atoms with Crippen LogP contribution in [0.15, 0.2) is 36.4 Å². The molecule has 2 aromatic rings. The zero-order valence-corrected chi connectivity index (χ0v) is 15.7. The quantitative estimate of drug-likeness (QED) is 0.762. The number of nitrogens with one attached hydrogen (secondary N) is 2. The topological polar surface area (TPSA) is 58.2 Å². The van der Waals surface area contributed by atoms with Crippen LogP contribution in [-0.2, 0) is 11.2 Å². The van der Waals surface area contributed by atoms with Crippen molar-refractivity contribution in [3.63, 3.8) is 0 Å². The molecular formula is C21H24F2N2O2. The lowest BCUT2D eigenvalue weighted by Crippen LogP contribution is -2.27. The van der Waals surface area contributed by atoms with Crippen LogP contribution in [0.4, 0.5) is 14.5 Å². The molecule has 27 heavy (non-hydrogen) atoms. The summed E-state index contributed by atoms with van der Waals surface area (Å²) in [5.41, 5.74) is 2.48. The van der Waals surface area contributed by atoms with Crippen LogP contribution in [0.2, 0.25) is 0 Å². The second-order valence-electron chi connectivity index (χ2n) is 6.93. The number of hydrogen-bond acceptors (Lipinski definition) is 2. The van der Waals surface area contributed by atoms with E-state index in [1.165, 1.54) is 6.07 Å². The lowest BCUT2D eigenvalue weighted by Gasteiger charge is -2.11. The standard InChI is InChI=1S/C21H24F2N2O2/c1-13(2)12-24-21(27)16-6-8-19(14(3)10-16)25-20(26)9-5-15-4-7-17(22)18(23)11-15/h4,6-8,10-11,13H,5,9,12H2,1-3H3,(H,24,27)(H,25,26). The van der Waals surface area contributed by atoms with Crippen molar-refractivity contribution in [3.8, 4) is 0 Å². The third kappa shape index (κ3) is 6.16. The highest BCUT2D eigenvalue weighted by Crippen LogP contribution is 2.18. The molecule has 2 aromatic carbocycles. The summed E-state index contributed by atoms with van der Waals surface area (Å²) in [5.74, 6) is -1.85. The van der Waals surface area contributed by atoms with Gasteiger partial charge in [-0.25, -0.2) is 8.78 Å². The van der Waals surface area contributed by atoms with Gasteiger partial charge >= 0.3 is 0 Å². The average molecular weight is 374 g/mol. The molecule has 0 unspecified atom stereocenters. The number of amides is 2. The number of carbonyl (C=O) groups is 2. The second kappa shape index (κ2) is 9.26. The molecule has 2 rings (SSSR count). The molecule has 0 fully saturated rings. The summed E-state index contributed by atoms with van der Waals surface area (Å²) >= 11 is 0. The fourth-order valence-corrected chi connectivity index (χ4v) is 2.51. The van der Waals surface area contributed by atoms with Gasteiger partial charge in [0.25, 0.3) is 5.91 Å². The molecule has 4 nitrogen and oxygen atoms in total. The molecular weight excluding hydrogens is 350 g/mol. The number of aryl methyl sites for hydroxylation is 2. The Kier molecular flexibility index (Phi) is 7.05. The summed E-state index contributed by atoms with van der Waals surface area (Å²) < 4.78 is 26.1. The van der Waals surface area contributed by atoms with Gasteiger partial charge in [-0.1, -0.05) is 19.9 Å². The number of anilines is 1. The molecule has 0 atom stereocenters. The summed E-state index contributed by atoms with van der Waals surface area (Å²) in [5, 5.41) is 5.63. The molecule has 0 radical (unpaired) electrons. The van der Waals surface area contributed by atoms with Crippen LogP contribution >= 0.6 is 0 Å². The van der Waals surface area contributed by atoms with E-state index in [-0.39, 0.29) is 18.2 Å². The maximum absolute atomic E-state index is 13.2. The predicted octanol–water partition coefficient (Wildman–Crippen LogP) is 4.23. The average Bonchev–Trinajstić information content (AvgIpc) is 2.62. The van der Waals surface area contributed by atoms with Gasteiger partial charge in [0.2, 0.25) is 5.91 Å². The van der Waals surface area contributed by atoms with Gasteiger partial charge in [0.1, 0.15) is 0 Å². The lowest BCUT2D eigenvalue weighted by atomic mass is 10.1. The van der Waals surface area contributed by atoms with Gasteiger partial charge < -0.3 is 10.6 Å². The van der Waals surface area contributed by atoms with Gasteiger partial charge in [-0.05, 0) is 60.7 Å². The summed E-state index contributed by atoms with van der Waals surface area (Å²) in [7, 11) is 0. The molecule has 0 aliphatic heterocycles. The van der Waals surface area contributed by atoms with E-state index in [4.69, 9.17) is 0 Å². The van der Waals surface area contributed by atoms with Crippen LogP contribution in [0.1, 0.15) is 41.8 Å². The van der Waals surface area contributed by atoms with Gasteiger partial charge in [-0.3, -0.25) is 9.59 Å². The third-order valence-electron chi connectivity index (χ3n) is 4.06. The third-order valence-corrected chi connectivity index (χ3v) is 4.06. The largest absolute Gasteiger partial charge is 0.352 e. The molecule has 0 saturated carbocycles. The van der Waals surface area contributed by atoms with E-state index in [9.17, 15) is 18.4 Å². The van der Waals surface area contributed by atoms with Crippen molar-refractivity contribution < 1.29 is 18.4 Å². The van der Waals surface area contributed by atoms with Gasteiger partial charge in [-0.15, -0.1) is 0 Å². The number of halogens is 2. The van der Waals surface area contributed by atoms with Crippen molar-refractivity contribution in [2.24, 2.45) is 5.92 Å². The fourth-order valence-electron chi connectivity index (χ4n) is 2.51. The Morgan fingerprint density at radius 3 is 2.41 bits per heavy atom. The van der Waals surface area contributed by atoms with E-state index in [1.807, 2.05) is 20.8 Å². The molecule has 0 aliphatic rings. The van der Waals surface area contributed by atoms with E-state index < -0.39 is 11.6 Å². The number of benzene rings is 2. The number of carbonyl (C=O) groups excluding carboxylic acids is 2. The SMILES string of the molecule is Cc1cc(C(=O)NCC(C)C)ccc1NC(=O)CCc1ccc(F)c(F)c1. The molecule has 0 saturated heterocycles. The zero-order chi connectivity index (χ0) is 20.0. The Morgan fingerprint density at radius 2 is 1.78 bits per heavy atom. The maximum Gasteiger partial charge on any atom is 0.251 e. The van der Waals surface area contributed by atoms with Gasteiger partial charge in [0.05, 0.1) is 0 Å². The molecule has 0 aliphatic carbocycles. The van der Waals surface area contributed by atoms with Crippen LogP contribution in [0.3, 0.4) is 0 Å². The first kappa shape index (κ1) is 20.6. The molecule has 0 aromatic heterocycles. The number of hydrogen-bond donors (Lipinski definition) is 2. The van der Waals surface area contributed by atoms with E-state index >= 15 is 0 Å². The molecule has 6 heteroatoms. The van der Waals surface area contributed by atoms with Crippen molar-refractivity contribution in [1.29, 1.82) is 0 Å². The lowest BCUT2D eigenvalue weighted by molar-refractivity contribution is -0.116. The Labute approximate surface area is 158 Å². The summed E-state index contributed by atoms with van der Waals surface area (Å²) in [6, 6.07) is 8.68. The zero-order valence-electron chi connectivity index (χ0n) is 15.7. The highest BCUT2D eigenvalue weighted by Gasteiger charge is 2.11. The normalized spacial score (nSPS) is 10.7. The van der Waals surface area contributed by atoms with Crippen LogP contribution in [-0.4, -0.2) is 18.4 Å². The summed E-state index contributed by atoms with van der Waals surface area (Å²) in [6.45, 7) is 6.44. The fraction of sp³-hybridized carbons (Fsp3) is 0.333. The smallest absolute Gasteiger partial charge is 0.251 e. The summed E-state index contributed by atoms with van der Waals surface area (Å²) in [6.07, 6.45) is 0.443. The van der Waals surface area contributed by atoms with Crippen LogP contribution in [0, 0.1) is 24.5 Å². The van der Waals surface area contributed by atoms with Crippen molar-refractivity contribution in [2.45, 2.75) is 33.6 Å². The molecule has 0 spiro atoms. The minimum Gasteiger partial charge on any atom is -0.352 e. The monoisotopic (exact) mass is 374 g/mol. The minimum atomic E-state index is -0.921. The Balaban J connectivity index is 1.93. The van der Waals surface area contributed by atoms with Crippen molar-refractivity contribution in [1.82, 2.24) is 5.32 Å². The van der Waals surface area contributed by atoms with E-state index in [2.05, 4.69) is 10.6 Å². The molecule has 144 valence electrons. The van der Waals surface area contributed by atoms with Crippen LogP contribution in [0.5, 0.6) is 0 Å². The Bertz CT molecular complexity index is 835. The molecule has 0 bridgehead atoms. The predicted molar refractivity (Wildman–Crippen MR) is 102 cm³/mol. The van der Waals surface area contributed by atoms with Gasteiger partial charge in [0.15, 0.2) is 11.6 Å². The van der Waals surface area contributed by atoms with E-state index in [0.29, 0.717) is 35.7 Å². The van der Waals surface area contributed by atoms with Gasteiger partial charge in [0, 0.05) is 24.2 Å². The van der Waals surface area contributed by atoms with Crippen molar-refractivity contribution >= 4 is 17.5 Å². The Hall–Kier alpha value is -2.76. The Morgan fingerprint density at radius 1 is 1.04 bits per heavy atom.